The summed E-state index contributed by atoms with van der Waals surface area (Å²) in [5.41, 5.74) is 13.1. The molecule has 0 spiro atoms. The van der Waals surface area contributed by atoms with Gasteiger partial charge in [-0.1, -0.05) is 133 Å². The van der Waals surface area contributed by atoms with Crippen LogP contribution in [0.25, 0.3) is 71.7 Å². The molecule has 0 saturated heterocycles. The maximum Gasteiger partial charge on any atom is 0.159 e. The van der Waals surface area contributed by atoms with Gasteiger partial charge in [0.05, 0.1) is 16.7 Å². The van der Waals surface area contributed by atoms with Crippen molar-refractivity contribution in [2.75, 3.05) is 4.90 Å². The van der Waals surface area contributed by atoms with Crippen LogP contribution >= 0.6 is 0 Å². The Bertz CT molecular complexity index is 2830. The Balaban J connectivity index is 1.16. The van der Waals surface area contributed by atoms with Crippen LogP contribution in [-0.2, 0) is 0 Å². The van der Waals surface area contributed by atoms with Crippen molar-refractivity contribution >= 4 is 60.8 Å². The molecule has 51 heavy (non-hydrogen) atoms. The van der Waals surface area contributed by atoms with Gasteiger partial charge >= 0.3 is 0 Å². The molecule has 2 heterocycles. The van der Waals surface area contributed by atoms with Gasteiger partial charge in [-0.05, 0) is 82.9 Å². The molecule has 10 aromatic rings. The second kappa shape index (κ2) is 11.9. The topological polar surface area (TPSA) is 21.3 Å². The molecule has 0 aliphatic heterocycles. The van der Waals surface area contributed by atoms with Gasteiger partial charge in [0.2, 0.25) is 0 Å². The summed E-state index contributed by atoms with van der Waals surface area (Å²) in [6.07, 6.45) is 0. The maximum absolute atomic E-state index is 6.84. The van der Waals surface area contributed by atoms with Crippen LogP contribution in [0.1, 0.15) is 0 Å². The second-order valence-corrected chi connectivity index (χ2v) is 12.9. The third-order valence-electron chi connectivity index (χ3n) is 9.99. The first kappa shape index (κ1) is 29.1. The average Bonchev–Trinajstić information content (AvgIpc) is 3.76. The quantitative estimate of drug-likeness (QED) is 0.178. The molecule has 0 fully saturated rings. The van der Waals surface area contributed by atoms with Crippen molar-refractivity contribution < 1.29 is 4.42 Å². The number of aromatic nitrogens is 1. The van der Waals surface area contributed by atoms with Crippen molar-refractivity contribution in [1.29, 1.82) is 0 Å². The van der Waals surface area contributed by atoms with Gasteiger partial charge in [0.15, 0.2) is 5.58 Å². The molecule has 0 atom stereocenters. The number of benzene rings is 8. The van der Waals surface area contributed by atoms with Crippen molar-refractivity contribution in [2.45, 2.75) is 0 Å². The van der Waals surface area contributed by atoms with Crippen LogP contribution in [0.5, 0.6) is 0 Å². The van der Waals surface area contributed by atoms with Crippen molar-refractivity contribution in [3.05, 3.63) is 194 Å². The summed E-state index contributed by atoms with van der Waals surface area (Å²) in [5.74, 6) is 0. The van der Waals surface area contributed by atoms with Crippen LogP contribution in [0.4, 0.5) is 17.1 Å². The van der Waals surface area contributed by atoms with Crippen LogP contribution in [-0.4, -0.2) is 4.57 Å². The van der Waals surface area contributed by atoms with Crippen LogP contribution in [0.3, 0.4) is 0 Å². The predicted molar refractivity (Wildman–Crippen MR) is 214 cm³/mol. The van der Waals surface area contributed by atoms with E-state index in [0.717, 1.165) is 55.8 Å². The minimum Gasteiger partial charge on any atom is -0.454 e. The molecule has 240 valence electrons. The van der Waals surface area contributed by atoms with Crippen molar-refractivity contribution in [3.63, 3.8) is 0 Å². The molecular weight excluding hydrogens is 621 g/mol. The molecule has 3 heteroatoms. The van der Waals surface area contributed by atoms with E-state index < -0.39 is 0 Å². The number of fused-ring (bicyclic) bond motifs is 6. The summed E-state index contributed by atoms with van der Waals surface area (Å²) in [6.45, 7) is 0. The highest BCUT2D eigenvalue weighted by Gasteiger charge is 2.21. The minimum absolute atomic E-state index is 0.857. The summed E-state index contributed by atoms with van der Waals surface area (Å²) in [5, 5.41) is 4.69. The van der Waals surface area contributed by atoms with Gasteiger partial charge in [-0.15, -0.1) is 0 Å². The Morgan fingerprint density at radius 2 is 1.02 bits per heavy atom. The minimum atomic E-state index is 0.857. The van der Waals surface area contributed by atoms with E-state index >= 15 is 0 Å². The Morgan fingerprint density at radius 3 is 1.82 bits per heavy atom. The summed E-state index contributed by atoms with van der Waals surface area (Å²) in [6, 6.07) is 68.9. The zero-order chi connectivity index (χ0) is 33.7. The highest BCUT2D eigenvalue weighted by atomic mass is 16.3. The Morgan fingerprint density at radius 1 is 0.412 bits per heavy atom. The number of hydrogen-bond acceptors (Lipinski definition) is 2. The summed E-state index contributed by atoms with van der Waals surface area (Å²) >= 11 is 0. The summed E-state index contributed by atoms with van der Waals surface area (Å²) < 4.78 is 9.22. The molecular formula is C48H32N2O. The number of anilines is 3. The molecule has 2 aromatic heterocycles. The maximum atomic E-state index is 6.84. The molecule has 0 aliphatic rings. The van der Waals surface area contributed by atoms with Gasteiger partial charge in [-0.25, -0.2) is 0 Å². The van der Waals surface area contributed by atoms with Crippen molar-refractivity contribution in [3.8, 4) is 27.9 Å². The lowest BCUT2D eigenvalue weighted by Crippen LogP contribution is -2.10. The first-order chi connectivity index (χ1) is 25.3. The fourth-order valence-electron chi connectivity index (χ4n) is 7.68. The van der Waals surface area contributed by atoms with Crippen LogP contribution in [0.15, 0.2) is 199 Å². The molecule has 0 bridgehead atoms. The first-order valence-corrected chi connectivity index (χ1v) is 17.4. The van der Waals surface area contributed by atoms with E-state index in [1.54, 1.807) is 0 Å². The van der Waals surface area contributed by atoms with Crippen molar-refractivity contribution in [1.82, 2.24) is 4.57 Å². The number of nitrogens with zero attached hydrogens (tertiary/aromatic N) is 2. The number of furan rings is 1. The molecule has 8 aromatic carbocycles. The largest absolute Gasteiger partial charge is 0.454 e. The van der Waals surface area contributed by atoms with Gasteiger partial charge in [0, 0.05) is 38.6 Å². The number of para-hydroxylation sites is 4. The fourth-order valence-corrected chi connectivity index (χ4v) is 7.68. The molecule has 10 rings (SSSR count). The zero-order valence-electron chi connectivity index (χ0n) is 27.8. The smallest absolute Gasteiger partial charge is 0.159 e. The third kappa shape index (κ3) is 4.82. The van der Waals surface area contributed by atoms with E-state index in [9.17, 15) is 0 Å². The number of rotatable bonds is 6. The molecule has 3 nitrogen and oxygen atoms in total. The normalized spacial score (nSPS) is 11.5. The molecule has 0 unspecified atom stereocenters. The van der Waals surface area contributed by atoms with Gasteiger partial charge in [0.25, 0.3) is 0 Å². The van der Waals surface area contributed by atoms with Gasteiger partial charge < -0.3 is 13.9 Å². The van der Waals surface area contributed by atoms with E-state index in [1.807, 2.05) is 0 Å². The van der Waals surface area contributed by atoms with Crippen molar-refractivity contribution in [2.24, 2.45) is 0 Å². The molecule has 0 radical (unpaired) electrons. The SMILES string of the molecule is c1ccc(-c2ccc(N(c3ccccc3)c3cccc4c3oc3cccc(-c5ccc6c7ccccc7n(-c7ccccc7)c6c5)c34)cc2)cc1. The lowest BCUT2D eigenvalue weighted by molar-refractivity contribution is 0.669. The first-order valence-electron chi connectivity index (χ1n) is 17.4. The Kier molecular flexibility index (Phi) is 6.81. The van der Waals surface area contributed by atoms with E-state index in [4.69, 9.17) is 4.42 Å². The average molecular weight is 653 g/mol. The lowest BCUT2D eigenvalue weighted by Gasteiger charge is -2.25. The predicted octanol–water partition coefficient (Wildman–Crippen LogP) is 13.5. The molecule has 0 aliphatic carbocycles. The van der Waals surface area contributed by atoms with Gasteiger partial charge in [0.1, 0.15) is 5.58 Å². The van der Waals surface area contributed by atoms with E-state index in [0.29, 0.717) is 0 Å². The molecule has 0 N–H and O–H groups in total. The number of hydrogen-bond donors (Lipinski definition) is 0. The third-order valence-corrected chi connectivity index (χ3v) is 9.99. The zero-order valence-corrected chi connectivity index (χ0v) is 27.8. The summed E-state index contributed by atoms with van der Waals surface area (Å²) in [4.78, 5) is 2.30. The highest BCUT2D eigenvalue weighted by molar-refractivity contribution is 6.17. The molecule has 0 saturated carbocycles. The van der Waals surface area contributed by atoms with Crippen LogP contribution in [0.2, 0.25) is 0 Å². The van der Waals surface area contributed by atoms with E-state index in [2.05, 4.69) is 204 Å². The lowest BCUT2D eigenvalue weighted by atomic mass is 9.98. The van der Waals surface area contributed by atoms with E-state index in [1.165, 1.54) is 32.9 Å². The van der Waals surface area contributed by atoms with Crippen LogP contribution < -0.4 is 4.90 Å². The van der Waals surface area contributed by atoms with Crippen LogP contribution in [0, 0.1) is 0 Å². The Labute approximate surface area is 295 Å². The fraction of sp³-hybridized carbons (Fsp3) is 0. The monoisotopic (exact) mass is 652 g/mol. The summed E-state index contributed by atoms with van der Waals surface area (Å²) in [7, 11) is 0. The molecule has 0 amide bonds. The highest BCUT2D eigenvalue weighted by Crippen LogP contribution is 2.45. The Hall–Kier alpha value is -6.84. The van der Waals surface area contributed by atoms with E-state index in [-0.39, 0.29) is 0 Å². The van der Waals surface area contributed by atoms with Gasteiger partial charge in [-0.3, -0.25) is 0 Å². The van der Waals surface area contributed by atoms with Gasteiger partial charge in [-0.2, -0.15) is 0 Å². The second-order valence-electron chi connectivity index (χ2n) is 12.9. The standard InChI is InChI=1S/C48H32N2O/c1-4-14-33(15-5-1)34-26-29-38(30-27-34)49(36-16-6-2-7-17-36)44-24-12-22-42-47-39(21-13-25-46(47)51-48(42)44)35-28-31-41-40-20-10-11-23-43(40)50(45(41)32-35)37-18-8-3-9-19-37/h1-32H.